The zero-order valence-electron chi connectivity index (χ0n) is 15.2. The Balaban J connectivity index is 1.70. The van der Waals surface area contributed by atoms with Gasteiger partial charge in [-0.15, -0.1) is 0 Å². The molecule has 0 unspecified atom stereocenters. The average molecular weight is 398 g/mol. The van der Waals surface area contributed by atoms with Crippen LogP contribution in [0.5, 0.6) is 11.5 Å². The fourth-order valence-corrected chi connectivity index (χ4v) is 2.39. The first kappa shape index (κ1) is 21.6. The number of benzene rings is 2. The molecule has 2 aromatic carbocycles. The van der Waals surface area contributed by atoms with Crippen molar-refractivity contribution in [1.82, 2.24) is 0 Å². The number of hydrogen-bond acceptors (Lipinski definition) is 4. The van der Waals surface area contributed by atoms with Crippen LogP contribution in [0.4, 0.5) is 13.2 Å². The molecule has 2 aromatic rings. The summed E-state index contributed by atoms with van der Waals surface area (Å²) in [5.74, 6) is -0.0260. The van der Waals surface area contributed by atoms with E-state index >= 15 is 0 Å². The molecule has 0 aliphatic heterocycles. The van der Waals surface area contributed by atoms with Crippen LogP contribution in [-0.4, -0.2) is 37.5 Å². The summed E-state index contributed by atoms with van der Waals surface area (Å²) in [6.07, 6.45) is -4.45. The molecule has 0 fully saturated rings. The van der Waals surface area contributed by atoms with E-state index in [2.05, 4.69) is 0 Å². The SMILES string of the molecule is CO[C@@H](Cc1ccc(OCCCOc2ccc(C(F)(F)F)cc2)cc1)C(=O)O. The Labute approximate surface area is 160 Å². The number of hydrogen-bond donors (Lipinski definition) is 1. The number of methoxy groups -OCH3 is 1. The van der Waals surface area contributed by atoms with Crippen molar-refractivity contribution in [2.45, 2.75) is 25.1 Å². The third-order valence-corrected chi connectivity index (χ3v) is 3.91. The predicted molar refractivity (Wildman–Crippen MR) is 95.6 cm³/mol. The van der Waals surface area contributed by atoms with Crippen molar-refractivity contribution in [3.05, 3.63) is 59.7 Å². The molecule has 0 amide bonds. The molecule has 0 bridgehead atoms. The highest BCUT2D eigenvalue weighted by Crippen LogP contribution is 2.30. The van der Waals surface area contributed by atoms with Gasteiger partial charge in [0, 0.05) is 20.0 Å². The number of carbonyl (C=O) groups is 1. The number of alkyl halides is 3. The van der Waals surface area contributed by atoms with Gasteiger partial charge in [-0.25, -0.2) is 4.79 Å². The summed E-state index contributed by atoms with van der Waals surface area (Å²) >= 11 is 0. The molecule has 0 heterocycles. The van der Waals surface area contributed by atoms with E-state index in [4.69, 9.17) is 19.3 Å². The number of halogens is 3. The number of carboxylic acids is 1. The van der Waals surface area contributed by atoms with E-state index in [9.17, 15) is 18.0 Å². The first-order chi connectivity index (χ1) is 13.3. The lowest BCUT2D eigenvalue weighted by Crippen LogP contribution is -2.24. The summed E-state index contributed by atoms with van der Waals surface area (Å²) in [6.45, 7) is 0.674. The fraction of sp³-hybridized carbons (Fsp3) is 0.350. The second kappa shape index (κ2) is 9.98. The monoisotopic (exact) mass is 398 g/mol. The van der Waals surface area contributed by atoms with Crippen molar-refractivity contribution in [2.24, 2.45) is 0 Å². The first-order valence-electron chi connectivity index (χ1n) is 8.57. The van der Waals surface area contributed by atoms with Crippen LogP contribution in [0, 0.1) is 0 Å². The predicted octanol–water partition coefficient (Wildman–Crippen LogP) is 4.20. The van der Waals surface area contributed by atoms with Gasteiger partial charge in [0.15, 0.2) is 6.10 Å². The molecule has 152 valence electrons. The molecule has 0 radical (unpaired) electrons. The van der Waals surface area contributed by atoms with Crippen LogP contribution in [0.2, 0.25) is 0 Å². The molecule has 0 aliphatic carbocycles. The summed E-state index contributed by atoms with van der Waals surface area (Å²) in [4.78, 5) is 11.0. The van der Waals surface area contributed by atoms with E-state index in [1.54, 1.807) is 24.3 Å². The van der Waals surface area contributed by atoms with Gasteiger partial charge in [-0.05, 0) is 42.0 Å². The molecule has 0 aliphatic rings. The molecule has 0 spiro atoms. The number of ether oxygens (including phenoxy) is 3. The Kier molecular flexibility index (Phi) is 7.69. The van der Waals surface area contributed by atoms with Crippen molar-refractivity contribution >= 4 is 5.97 Å². The van der Waals surface area contributed by atoms with E-state index in [0.717, 1.165) is 17.7 Å². The van der Waals surface area contributed by atoms with Crippen molar-refractivity contribution in [2.75, 3.05) is 20.3 Å². The quantitative estimate of drug-likeness (QED) is 0.608. The molecule has 2 rings (SSSR count). The van der Waals surface area contributed by atoms with Gasteiger partial charge in [0.25, 0.3) is 0 Å². The number of carboxylic acid groups (broad SMARTS) is 1. The molecular formula is C20H21F3O5. The molecule has 28 heavy (non-hydrogen) atoms. The average Bonchev–Trinajstić information content (AvgIpc) is 2.66. The van der Waals surface area contributed by atoms with Gasteiger partial charge in [0.2, 0.25) is 0 Å². The summed E-state index contributed by atoms with van der Waals surface area (Å²) in [5.41, 5.74) is 0.0963. The van der Waals surface area contributed by atoms with E-state index in [0.29, 0.717) is 31.1 Å². The normalized spacial score (nSPS) is 12.4. The Morgan fingerprint density at radius 3 is 1.89 bits per heavy atom. The van der Waals surface area contributed by atoms with Crippen LogP contribution in [0.1, 0.15) is 17.5 Å². The molecule has 8 heteroatoms. The molecule has 0 saturated carbocycles. The minimum absolute atomic E-state index is 0.257. The van der Waals surface area contributed by atoms with Crippen LogP contribution in [0.3, 0.4) is 0 Å². The maximum atomic E-state index is 12.5. The molecule has 1 N–H and O–H groups in total. The number of rotatable bonds is 10. The second-order valence-corrected chi connectivity index (χ2v) is 5.98. The third kappa shape index (κ3) is 6.77. The Morgan fingerprint density at radius 2 is 1.46 bits per heavy atom. The standard InChI is InChI=1S/C20H21F3O5/c1-26-18(19(24)25)13-14-3-7-16(8-4-14)27-11-2-12-28-17-9-5-15(6-10-17)20(21,22)23/h3-10,18H,2,11-13H2,1H3,(H,24,25)/t18-/m0/s1. The van der Waals surface area contributed by atoms with Crippen LogP contribution in [0.25, 0.3) is 0 Å². The summed E-state index contributed by atoms with van der Waals surface area (Å²) in [7, 11) is 1.35. The second-order valence-electron chi connectivity index (χ2n) is 5.98. The molecule has 1 atom stereocenters. The maximum absolute atomic E-state index is 12.5. The highest BCUT2D eigenvalue weighted by Gasteiger charge is 2.30. The summed E-state index contributed by atoms with van der Waals surface area (Å²) in [6, 6.07) is 11.5. The lowest BCUT2D eigenvalue weighted by atomic mass is 10.1. The van der Waals surface area contributed by atoms with Crippen molar-refractivity contribution < 1.29 is 37.3 Å². The van der Waals surface area contributed by atoms with Gasteiger partial charge in [-0.3, -0.25) is 0 Å². The van der Waals surface area contributed by atoms with Crippen LogP contribution in [-0.2, 0) is 22.1 Å². The summed E-state index contributed by atoms with van der Waals surface area (Å²) < 4.78 is 53.3. The Bertz CT molecular complexity index is 742. The first-order valence-corrected chi connectivity index (χ1v) is 8.57. The Morgan fingerprint density at radius 1 is 0.964 bits per heavy atom. The van der Waals surface area contributed by atoms with Crippen LogP contribution < -0.4 is 9.47 Å². The Hall–Kier alpha value is -2.74. The topological polar surface area (TPSA) is 65.0 Å². The maximum Gasteiger partial charge on any atom is 0.416 e. The zero-order chi connectivity index (χ0) is 20.6. The highest BCUT2D eigenvalue weighted by molar-refractivity contribution is 5.72. The van der Waals surface area contributed by atoms with Crippen molar-refractivity contribution in [1.29, 1.82) is 0 Å². The van der Waals surface area contributed by atoms with E-state index in [1.807, 2.05) is 0 Å². The van der Waals surface area contributed by atoms with Gasteiger partial charge in [-0.1, -0.05) is 12.1 Å². The highest BCUT2D eigenvalue weighted by atomic mass is 19.4. The molecule has 0 saturated heterocycles. The molecule has 0 aromatic heterocycles. The van der Waals surface area contributed by atoms with Crippen LogP contribution >= 0.6 is 0 Å². The molecular weight excluding hydrogens is 377 g/mol. The zero-order valence-corrected chi connectivity index (χ0v) is 15.2. The van der Waals surface area contributed by atoms with Crippen molar-refractivity contribution in [3.63, 3.8) is 0 Å². The lowest BCUT2D eigenvalue weighted by Gasteiger charge is -2.12. The van der Waals surface area contributed by atoms with Gasteiger partial charge in [0.05, 0.1) is 18.8 Å². The molecule has 5 nitrogen and oxygen atoms in total. The van der Waals surface area contributed by atoms with E-state index in [-0.39, 0.29) is 6.42 Å². The third-order valence-electron chi connectivity index (χ3n) is 3.91. The van der Waals surface area contributed by atoms with Gasteiger partial charge in [-0.2, -0.15) is 13.2 Å². The lowest BCUT2D eigenvalue weighted by molar-refractivity contribution is -0.148. The van der Waals surface area contributed by atoms with Gasteiger partial charge >= 0.3 is 12.1 Å². The minimum atomic E-state index is -4.36. The smallest absolute Gasteiger partial charge is 0.416 e. The van der Waals surface area contributed by atoms with Crippen LogP contribution in [0.15, 0.2) is 48.5 Å². The van der Waals surface area contributed by atoms with E-state index in [1.165, 1.54) is 19.2 Å². The van der Waals surface area contributed by atoms with E-state index < -0.39 is 23.8 Å². The summed E-state index contributed by atoms with van der Waals surface area (Å²) in [5, 5.41) is 8.98. The van der Waals surface area contributed by atoms with Gasteiger partial charge in [0.1, 0.15) is 11.5 Å². The number of aliphatic carboxylic acids is 1. The largest absolute Gasteiger partial charge is 0.493 e. The van der Waals surface area contributed by atoms with Crippen molar-refractivity contribution in [3.8, 4) is 11.5 Å². The minimum Gasteiger partial charge on any atom is -0.493 e. The van der Waals surface area contributed by atoms with Gasteiger partial charge < -0.3 is 19.3 Å². The fourth-order valence-electron chi connectivity index (χ4n) is 2.39.